The minimum absolute atomic E-state index is 0.201. The van der Waals surface area contributed by atoms with Crippen LogP contribution in [0.2, 0.25) is 0 Å². The van der Waals surface area contributed by atoms with Crippen LogP contribution in [-0.4, -0.2) is 54.1 Å². The fraction of sp³-hybridized carbons (Fsp3) is 0.938. The first-order valence-corrected chi connectivity index (χ1v) is 8.14. The number of piperidine rings is 1. The second-order valence-electron chi connectivity index (χ2n) is 7.22. The summed E-state index contributed by atoms with van der Waals surface area (Å²) in [5.74, 6) is 1.42. The molecule has 0 aromatic rings. The molecular weight excluding hydrogens is 250 g/mol. The molecule has 2 saturated heterocycles. The molecule has 0 bridgehead atoms. The number of likely N-dealkylation sites (tertiary alicyclic amines) is 1. The maximum absolute atomic E-state index is 12.8. The van der Waals surface area contributed by atoms with Gasteiger partial charge in [0, 0.05) is 6.54 Å². The largest absolute Gasteiger partial charge is 0.325 e. The maximum Gasteiger partial charge on any atom is 0.243 e. The van der Waals surface area contributed by atoms with Crippen LogP contribution in [0.3, 0.4) is 0 Å². The molecule has 2 aliphatic rings. The Labute approximate surface area is 123 Å². The molecule has 0 aliphatic carbocycles. The number of rotatable bonds is 4. The third kappa shape index (κ3) is 3.01. The normalized spacial score (nSPS) is 33.4. The van der Waals surface area contributed by atoms with E-state index in [0.29, 0.717) is 17.7 Å². The van der Waals surface area contributed by atoms with Crippen LogP contribution >= 0.6 is 0 Å². The Morgan fingerprint density at radius 3 is 2.45 bits per heavy atom. The van der Waals surface area contributed by atoms with Gasteiger partial charge in [-0.3, -0.25) is 10.1 Å². The predicted octanol–water partition coefficient (Wildman–Crippen LogP) is 1.91. The highest BCUT2D eigenvalue weighted by molar-refractivity contribution is 5.88. The summed E-state index contributed by atoms with van der Waals surface area (Å²) in [6.45, 7) is 11.8. The van der Waals surface area contributed by atoms with E-state index in [-0.39, 0.29) is 11.7 Å². The average molecular weight is 281 g/mol. The zero-order chi connectivity index (χ0) is 14.9. The fourth-order valence-electron chi connectivity index (χ4n) is 3.41. The Hall–Kier alpha value is -0.610. The lowest BCUT2D eigenvalue weighted by Gasteiger charge is -2.34. The lowest BCUT2D eigenvalue weighted by atomic mass is 9.95. The molecule has 116 valence electrons. The van der Waals surface area contributed by atoms with Crippen LogP contribution in [0.5, 0.6) is 0 Å². The number of nitrogens with zero attached hydrogens (tertiary/aromatic N) is 2. The van der Waals surface area contributed by atoms with Crippen molar-refractivity contribution < 1.29 is 4.79 Å². The summed E-state index contributed by atoms with van der Waals surface area (Å²) in [5, 5.41) is 3.58. The van der Waals surface area contributed by atoms with Gasteiger partial charge < -0.3 is 9.80 Å². The number of amides is 1. The molecule has 1 amide bonds. The molecule has 2 unspecified atom stereocenters. The highest BCUT2D eigenvalue weighted by atomic mass is 16.2. The lowest BCUT2D eigenvalue weighted by molar-refractivity contribution is -0.134. The van der Waals surface area contributed by atoms with Gasteiger partial charge in [0.25, 0.3) is 0 Å². The highest BCUT2D eigenvalue weighted by Gasteiger charge is 2.47. The van der Waals surface area contributed by atoms with Gasteiger partial charge in [-0.05, 0) is 58.2 Å². The molecule has 0 aromatic carbocycles. The van der Waals surface area contributed by atoms with Crippen LogP contribution in [-0.2, 0) is 4.79 Å². The molecular formula is C16H31N3O. The Kier molecular flexibility index (Phi) is 4.75. The van der Waals surface area contributed by atoms with Crippen LogP contribution in [0.1, 0.15) is 47.0 Å². The van der Waals surface area contributed by atoms with Crippen LogP contribution in [0, 0.1) is 11.8 Å². The topological polar surface area (TPSA) is 35.6 Å². The van der Waals surface area contributed by atoms with Crippen LogP contribution < -0.4 is 5.32 Å². The van der Waals surface area contributed by atoms with Gasteiger partial charge in [-0.1, -0.05) is 20.8 Å². The van der Waals surface area contributed by atoms with Crippen molar-refractivity contribution in [1.82, 2.24) is 15.1 Å². The Morgan fingerprint density at radius 1 is 1.35 bits per heavy atom. The summed E-state index contributed by atoms with van der Waals surface area (Å²) in [4.78, 5) is 17.3. The van der Waals surface area contributed by atoms with Crippen molar-refractivity contribution in [3.63, 3.8) is 0 Å². The molecule has 0 saturated carbocycles. The molecule has 20 heavy (non-hydrogen) atoms. The fourth-order valence-corrected chi connectivity index (χ4v) is 3.41. The van der Waals surface area contributed by atoms with Gasteiger partial charge in [-0.15, -0.1) is 0 Å². The first kappa shape index (κ1) is 15.8. The SMILES string of the molecule is CCC1(C)NC(C(C)C)N(CC2CCN(C)CC2)C1=O. The van der Waals surface area contributed by atoms with Gasteiger partial charge in [-0.2, -0.15) is 0 Å². The summed E-state index contributed by atoms with van der Waals surface area (Å²) in [6.07, 6.45) is 3.49. The number of carbonyl (C=O) groups excluding carboxylic acids is 1. The molecule has 4 heteroatoms. The molecule has 0 spiro atoms. The number of hydrogen-bond donors (Lipinski definition) is 1. The smallest absolute Gasteiger partial charge is 0.243 e. The third-order valence-corrected chi connectivity index (χ3v) is 5.17. The van der Waals surface area contributed by atoms with Crippen molar-refractivity contribution in [3.05, 3.63) is 0 Å². The quantitative estimate of drug-likeness (QED) is 0.855. The van der Waals surface area contributed by atoms with Gasteiger partial charge in [0.1, 0.15) is 0 Å². The van der Waals surface area contributed by atoms with E-state index in [9.17, 15) is 4.79 Å². The van der Waals surface area contributed by atoms with E-state index in [1.165, 1.54) is 12.8 Å². The summed E-state index contributed by atoms with van der Waals surface area (Å²) >= 11 is 0. The molecule has 2 atom stereocenters. The van der Waals surface area contributed by atoms with Crippen molar-refractivity contribution in [1.29, 1.82) is 0 Å². The molecule has 0 aromatic heterocycles. The molecule has 2 rings (SSSR count). The number of carbonyl (C=O) groups is 1. The van der Waals surface area contributed by atoms with Gasteiger partial charge in [0.2, 0.25) is 5.91 Å². The molecule has 1 N–H and O–H groups in total. The molecule has 0 radical (unpaired) electrons. The van der Waals surface area contributed by atoms with E-state index < -0.39 is 0 Å². The van der Waals surface area contributed by atoms with Crippen LogP contribution in [0.25, 0.3) is 0 Å². The number of nitrogens with one attached hydrogen (secondary N) is 1. The van der Waals surface area contributed by atoms with E-state index in [2.05, 4.69) is 49.9 Å². The Bertz CT molecular complexity index is 350. The van der Waals surface area contributed by atoms with Crippen molar-refractivity contribution in [2.45, 2.75) is 58.7 Å². The van der Waals surface area contributed by atoms with E-state index in [1.54, 1.807) is 0 Å². The minimum Gasteiger partial charge on any atom is -0.325 e. The Balaban J connectivity index is 2.05. The van der Waals surface area contributed by atoms with Crippen molar-refractivity contribution >= 4 is 5.91 Å². The van der Waals surface area contributed by atoms with Gasteiger partial charge in [0.15, 0.2) is 0 Å². The maximum atomic E-state index is 12.8. The third-order valence-electron chi connectivity index (χ3n) is 5.17. The molecule has 2 fully saturated rings. The first-order valence-electron chi connectivity index (χ1n) is 8.14. The summed E-state index contributed by atoms with van der Waals surface area (Å²) < 4.78 is 0. The van der Waals surface area contributed by atoms with Crippen molar-refractivity contribution in [2.75, 3.05) is 26.7 Å². The summed E-state index contributed by atoms with van der Waals surface area (Å²) in [6, 6.07) is 0. The zero-order valence-electron chi connectivity index (χ0n) is 13.8. The zero-order valence-corrected chi connectivity index (χ0v) is 13.8. The van der Waals surface area contributed by atoms with E-state index in [0.717, 1.165) is 26.1 Å². The predicted molar refractivity (Wildman–Crippen MR) is 82.4 cm³/mol. The van der Waals surface area contributed by atoms with Crippen molar-refractivity contribution in [3.8, 4) is 0 Å². The number of hydrogen-bond acceptors (Lipinski definition) is 3. The van der Waals surface area contributed by atoms with Crippen LogP contribution in [0.15, 0.2) is 0 Å². The molecule has 2 aliphatic heterocycles. The Morgan fingerprint density at radius 2 is 1.95 bits per heavy atom. The summed E-state index contributed by atoms with van der Waals surface area (Å²) in [7, 11) is 2.18. The first-order chi connectivity index (χ1) is 9.37. The standard InChI is InChI=1S/C16H31N3O/c1-6-16(4)15(20)19(14(17-16)12(2)3)11-13-7-9-18(5)10-8-13/h12-14,17H,6-11H2,1-5H3. The monoisotopic (exact) mass is 281 g/mol. The van der Waals surface area contributed by atoms with Gasteiger partial charge in [-0.25, -0.2) is 0 Å². The second kappa shape index (κ2) is 6.02. The van der Waals surface area contributed by atoms with Crippen LogP contribution in [0.4, 0.5) is 0 Å². The van der Waals surface area contributed by atoms with Gasteiger partial charge in [0.05, 0.1) is 11.7 Å². The van der Waals surface area contributed by atoms with E-state index >= 15 is 0 Å². The lowest BCUT2D eigenvalue weighted by Crippen LogP contribution is -2.45. The van der Waals surface area contributed by atoms with Gasteiger partial charge >= 0.3 is 0 Å². The van der Waals surface area contributed by atoms with E-state index in [1.807, 2.05) is 0 Å². The molecule has 2 heterocycles. The minimum atomic E-state index is -0.361. The average Bonchev–Trinajstić information content (AvgIpc) is 2.67. The second-order valence-corrected chi connectivity index (χ2v) is 7.22. The summed E-state index contributed by atoms with van der Waals surface area (Å²) in [5.41, 5.74) is -0.361. The van der Waals surface area contributed by atoms with Crippen molar-refractivity contribution in [2.24, 2.45) is 11.8 Å². The molecule has 4 nitrogen and oxygen atoms in total. The highest BCUT2D eigenvalue weighted by Crippen LogP contribution is 2.29. The van der Waals surface area contributed by atoms with E-state index in [4.69, 9.17) is 0 Å².